The molecule has 5 nitrogen and oxygen atoms in total. The van der Waals surface area contributed by atoms with Crippen LogP contribution in [0, 0.1) is 0 Å². The van der Waals surface area contributed by atoms with Crippen molar-refractivity contribution in [2.75, 3.05) is 46.6 Å². The van der Waals surface area contributed by atoms with Crippen molar-refractivity contribution in [1.82, 2.24) is 15.8 Å². The fourth-order valence-corrected chi connectivity index (χ4v) is 1.51. The first kappa shape index (κ1) is 12.6. The molecular formula is C9H19N3O2S. The molecule has 0 spiro atoms. The molecule has 0 aromatic rings. The predicted octanol–water partition coefficient (Wildman–Crippen LogP) is -0.266. The van der Waals surface area contributed by atoms with E-state index >= 15 is 0 Å². The summed E-state index contributed by atoms with van der Waals surface area (Å²) in [6.45, 7) is 4.87. The fraction of sp³-hybridized carbons (Fsp3) is 0.889. The van der Waals surface area contributed by atoms with Crippen LogP contribution in [0.1, 0.15) is 6.42 Å². The molecule has 88 valence electrons. The van der Waals surface area contributed by atoms with Gasteiger partial charge in [0.2, 0.25) is 0 Å². The Bertz CT molecular complexity index is 186. The first-order valence-electron chi connectivity index (χ1n) is 5.19. The average Bonchev–Trinajstić information content (AvgIpc) is 2.26. The highest BCUT2D eigenvalue weighted by Crippen LogP contribution is 1.91. The van der Waals surface area contributed by atoms with E-state index in [-0.39, 0.29) is 0 Å². The first-order chi connectivity index (χ1) is 7.33. The van der Waals surface area contributed by atoms with Gasteiger partial charge in [0.05, 0.1) is 13.2 Å². The number of nitrogens with one attached hydrogen (secondary N) is 2. The molecule has 0 aromatic carbocycles. The summed E-state index contributed by atoms with van der Waals surface area (Å²) in [5, 5.41) is 5.86. The lowest BCUT2D eigenvalue weighted by atomic mass is 10.4. The van der Waals surface area contributed by atoms with Gasteiger partial charge in [-0.1, -0.05) is 0 Å². The van der Waals surface area contributed by atoms with Crippen molar-refractivity contribution in [2.24, 2.45) is 0 Å². The van der Waals surface area contributed by atoms with E-state index in [2.05, 4.69) is 15.8 Å². The van der Waals surface area contributed by atoms with Crippen molar-refractivity contribution in [3.63, 3.8) is 0 Å². The molecule has 1 saturated heterocycles. The topological polar surface area (TPSA) is 45.8 Å². The van der Waals surface area contributed by atoms with Crippen molar-refractivity contribution >= 4 is 17.3 Å². The Morgan fingerprint density at radius 3 is 2.87 bits per heavy atom. The molecule has 0 atom stereocenters. The molecule has 1 aliphatic heterocycles. The molecule has 0 aromatic heterocycles. The number of morpholine rings is 1. The van der Waals surface area contributed by atoms with Crippen molar-refractivity contribution in [3.05, 3.63) is 0 Å². The zero-order valence-electron chi connectivity index (χ0n) is 9.12. The first-order valence-corrected chi connectivity index (χ1v) is 5.60. The summed E-state index contributed by atoms with van der Waals surface area (Å²) in [6.07, 6.45) is 0.960. The van der Waals surface area contributed by atoms with Gasteiger partial charge in [-0.2, -0.15) is 0 Å². The second-order valence-electron chi connectivity index (χ2n) is 3.31. The zero-order chi connectivity index (χ0) is 10.9. The van der Waals surface area contributed by atoms with Crippen molar-refractivity contribution in [3.8, 4) is 0 Å². The second-order valence-corrected chi connectivity index (χ2v) is 3.72. The lowest BCUT2D eigenvalue weighted by Crippen LogP contribution is -2.51. The van der Waals surface area contributed by atoms with Crippen LogP contribution in [-0.4, -0.2) is 56.7 Å². The summed E-state index contributed by atoms with van der Waals surface area (Å²) in [5.74, 6) is 0. The fourth-order valence-electron chi connectivity index (χ4n) is 1.28. The van der Waals surface area contributed by atoms with E-state index in [9.17, 15) is 0 Å². The highest BCUT2D eigenvalue weighted by Gasteiger charge is 2.10. The van der Waals surface area contributed by atoms with Crippen LogP contribution in [0.25, 0.3) is 0 Å². The third kappa shape index (κ3) is 5.88. The van der Waals surface area contributed by atoms with E-state index in [0.717, 1.165) is 45.9 Å². The molecular weight excluding hydrogens is 214 g/mol. The molecule has 6 heteroatoms. The summed E-state index contributed by atoms with van der Waals surface area (Å²) >= 11 is 5.14. The SMILES string of the molecule is COCCCNC(=S)NN1CCOCC1. The normalized spacial score (nSPS) is 17.4. The monoisotopic (exact) mass is 233 g/mol. The lowest BCUT2D eigenvalue weighted by molar-refractivity contribution is 0.0247. The second kappa shape index (κ2) is 7.81. The number of nitrogens with zero attached hydrogens (tertiary/aromatic N) is 1. The molecule has 0 unspecified atom stereocenters. The summed E-state index contributed by atoms with van der Waals surface area (Å²) in [7, 11) is 1.70. The number of ether oxygens (including phenoxy) is 2. The van der Waals surface area contributed by atoms with E-state index < -0.39 is 0 Å². The number of thiocarbonyl (C=S) groups is 1. The van der Waals surface area contributed by atoms with Crippen molar-refractivity contribution in [1.29, 1.82) is 0 Å². The number of rotatable bonds is 5. The van der Waals surface area contributed by atoms with Gasteiger partial charge in [0, 0.05) is 33.4 Å². The Labute approximate surface area is 96.1 Å². The molecule has 15 heavy (non-hydrogen) atoms. The maximum absolute atomic E-state index is 5.23. The molecule has 1 rings (SSSR count). The van der Waals surface area contributed by atoms with Crippen LogP contribution in [0.2, 0.25) is 0 Å². The van der Waals surface area contributed by atoms with Crippen LogP contribution in [0.4, 0.5) is 0 Å². The van der Waals surface area contributed by atoms with E-state index in [4.69, 9.17) is 21.7 Å². The summed E-state index contributed by atoms with van der Waals surface area (Å²) in [6, 6.07) is 0. The van der Waals surface area contributed by atoms with Crippen LogP contribution in [0.15, 0.2) is 0 Å². The van der Waals surface area contributed by atoms with Gasteiger partial charge in [-0.3, -0.25) is 5.43 Å². The van der Waals surface area contributed by atoms with Gasteiger partial charge in [-0.05, 0) is 18.6 Å². The Morgan fingerprint density at radius 2 is 2.20 bits per heavy atom. The maximum Gasteiger partial charge on any atom is 0.181 e. The average molecular weight is 233 g/mol. The number of hydrazine groups is 1. The number of hydrogen-bond donors (Lipinski definition) is 2. The van der Waals surface area contributed by atoms with E-state index in [0.29, 0.717) is 5.11 Å². The largest absolute Gasteiger partial charge is 0.385 e. The molecule has 1 fully saturated rings. The van der Waals surface area contributed by atoms with Crippen LogP contribution >= 0.6 is 12.2 Å². The predicted molar refractivity (Wildman–Crippen MR) is 62.6 cm³/mol. The summed E-state index contributed by atoms with van der Waals surface area (Å²) in [4.78, 5) is 0. The quantitative estimate of drug-likeness (QED) is 0.504. The Hall–Kier alpha value is -0.430. The van der Waals surface area contributed by atoms with Crippen LogP contribution < -0.4 is 10.7 Å². The summed E-state index contributed by atoms with van der Waals surface area (Å²) < 4.78 is 10.2. The molecule has 0 bridgehead atoms. The Balaban J connectivity index is 2.01. The van der Waals surface area contributed by atoms with Gasteiger partial charge in [-0.25, -0.2) is 5.01 Å². The van der Waals surface area contributed by atoms with Crippen LogP contribution in [0.5, 0.6) is 0 Å². The van der Waals surface area contributed by atoms with Gasteiger partial charge in [0.25, 0.3) is 0 Å². The van der Waals surface area contributed by atoms with E-state index in [1.54, 1.807) is 7.11 Å². The van der Waals surface area contributed by atoms with Gasteiger partial charge in [-0.15, -0.1) is 0 Å². The van der Waals surface area contributed by atoms with Crippen LogP contribution in [0.3, 0.4) is 0 Å². The standard InChI is InChI=1S/C9H19N3O2S/c1-13-6-2-3-10-9(15)11-12-4-7-14-8-5-12/h2-8H2,1H3,(H2,10,11,15). The smallest absolute Gasteiger partial charge is 0.181 e. The van der Waals surface area contributed by atoms with E-state index in [1.165, 1.54) is 0 Å². The van der Waals surface area contributed by atoms with Gasteiger partial charge < -0.3 is 14.8 Å². The molecule has 1 aliphatic rings. The summed E-state index contributed by atoms with van der Waals surface area (Å²) in [5.41, 5.74) is 3.13. The van der Waals surface area contributed by atoms with Crippen LogP contribution in [-0.2, 0) is 9.47 Å². The molecule has 2 N–H and O–H groups in total. The van der Waals surface area contributed by atoms with Crippen molar-refractivity contribution in [2.45, 2.75) is 6.42 Å². The Morgan fingerprint density at radius 1 is 1.47 bits per heavy atom. The van der Waals surface area contributed by atoms with Crippen molar-refractivity contribution < 1.29 is 9.47 Å². The zero-order valence-corrected chi connectivity index (χ0v) is 9.94. The molecule has 0 aliphatic carbocycles. The van der Waals surface area contributed by atoms with Gasteiger partial charge in [0.1, 0.15) is 0 Å². The molecule has 0 radical (unpaired) electrons. The maximum atomic E-state index is 5.23. The highest BCUT2D eigenvalue weighted by atomic mass is 32.1. The number of methoxy groups -OCH3 is 1. The Kier molecular flexibility index (Phi) is 6.58. The minimum atomic E-state index is 0.674. The third-order valence-electron chi connectivity index (χ3n) is 2.08. The minimum absolute atomic E-state index is 0.674. The lowest BCUT2D eigenvalue weighted by Gasteiger charge is -2.28. The van der Waals surface area contributed by atoms with E-state index in [1.807, 2.05) is 0 Å². The minimum Gasteiger partial charge on any atom is -0.385 e. The molecule has 0 amide bonds. The highest BCUT2D eigenvalue weighted by molar-refractivity contribution is 7.80. The number of hydrogen-bond acceptors (Lipinski definition) is 4. The van der Waals surface area contributed by atoms with Gasteiger partial charge in [0.15, 0.2) is 5.11 Å². The molecule has 1 heterocycles. The third-order valence-corrected chi connectivity index (χ3v) is 2.32. The van der Waals surface area contributed by atoms with Gasteiger partial charge >= 0.3 is 0 Å². The molecule has 0 saturated carbocycles.